The normalized spacial score (nSPS) is 12.2. The minimum atomic E-state index is 0.0112. The van der Waals surface area contributed by atoms with E-state index in [4.69, 9.17) is 10.5 Å². The number of benzene rings is 1. The van der Waals surface area contributed by atoms with E-state index in [2.05, 4.69) is 0 Å². The number of ether oxygens (including phenoxy) is 1. The van der Waals surface area contributed by atoms with Crippen LogP contribution in [-0.4, -0.2) is 37.1 Å². The Morgan fingerprint density at radius 3 is 2.47 bits per heavy atom. The number of carbonyl (C=O) groups is 1. The molecule has 0 aliphatic rings. The zero-order chi connectivity index (χ0) is 12.8. The largest absolute Gasteiger partial charge is 0.399 e. The molecule has 0 bridgehead atoms. The minimum Gasteiger partial charge on any atom is -0.399 e. The topological polar surface area (TPSA) is 55.6 Å². The van der Waals surface area contributed by atoms with E-state index in [1.807, 2.05) is 13.8 Å². The first-order valence-electron chi connectivity index (χ1n) is 5.75. The van der Waals surface area contributed by atoms with E-state index in [9.17, 15) is 4.79 Å². The average Bonchev–Trinajstić information content (AvgIpc) is 2.31. The molecule has 0 aromatic heterocycles. The van der Waals surface area contributed by atoms with Gasteiger partial charge in [0.05, 0.1) is 12.6 Å². The molecule has 0 aliphatic carbocycles. The maximum Gasteiger partial charge on any atom is 0.254 e. The summed E-state index contributed by atoms with van der Waals surface area (Å²) in [5.41, 5.74) is 6.92. The molecule has 0 heterocycles. The molecule has 0 radical (unpaired) electrons. The number of methoxy groups -OCH3 is 1. The van der Waals surface area contributed by atoms with Crippen LogP contribution in [0.5, 0.6) is 0 Å². The number of nitrogens with zero attached hydrogens (tertiary/aromatic N) is 1. The molecule has 0 fully saturated rings. The minimum absolute atomic E-state index is 0.0112. The van der Waals surface area contributed by atoms with E-state index in [0.717, 1.165) is 0 Å². The van der Waals surface area contributed by atoms with Gasteiger partial charge in [-0.3, -0.25) is 4.79 Å². The van der Waals surface area contributed by atoms with Crippen LogP contribution in [0.15, 0.2) is 24.3 Å². The number of likely N-dealkylation sites (N-methyl/N-ethyl adjacent to an activating group) is 1. The molecule has 4 nitrogen and oxygen atoms in total. The summed E-state index contributed by atoms with van der Waals surface area (Å²) in [6, 6.07) is 7.04. The van der Waals surface area contributed by atoms with Gasteiger partial charge in [0.25, 0.3) is 5.91 Å². The lowest BCUT2D eigenvalue weighted by molar-refractivity contribution is 0.0579. The second kappa shape index (κ2) is 6.25. The molecular formula is C13H20N2O2. The Hall–Kier alpha value is -1.55. The van der Waals surface area contributed by atoms with Gasteiger partial charge in [-0.1, -0.05) is 0 Å². The molecular weight excluding hydrogens is 216 g/mol. The smallest absolute Gasteiger partial charge is 0.254 e. The van der Waals surface area contributed by atoms with Crippen LogP contribution in [-0.2, 0) is 4.74 Å². The number of amides is 1. The predicted octanol–water partition coefficient (Wildman–Crippen LogP) is 1.77. The molecule has 0 saturated carbocycles. The molecule has 1 unspecified atom stereocenters. The van der Waals surface area contributed by atoms with Gasteiger partial charge in [-0.2, -0.15) is 0 Å². The molecule has 4 heteroatoms. The van der Waals surface area contributed by atoms with E-state index in [-0.39, 0.29) is 11.9 Å². The quantitative estimate of drug-likeness (QED) is 0.793. The van der Waals surface area contributed by atoms with Crippen molar-refractivity contribution in [3.05, 3.63) is 29.8 Å². The zero-order valence-corrected chi connectivity index (χ0v) is 10.6. The Kier molecular flexibility index (Phi) is 4.97. The van der Waals surface area contributed by atoms with E-state index in [0.29, 0.717) is 24.4 Å². The molecule has 1 aromatic carbocycles. The van der Waals surface area contributed by atoms with Gasteiger partial charge in [0.2, 0.25) is 0 Å². The van der Waals surface area contributed by atoms with E-state index in [1.165, 1.54) is 0 Å². The summed E-state index contributed by atoms with van der Waals surface area (Å²) in [6.07, 6.45) is 0. The lowest BCUT2D eigenvalue weighted by Crippen LogP contribution is -2.40. The number of hydrogen-bond acceptors (Lipinski definition) is 3. The van der Waals surface area contributed by atoms with Gasteiger partial charge in [-0.25, -0.2) is 0 Å². The van der Waals surface area contributed by atoms with Crippen LogP contribution in [0.1, 0.15) is 24.2 Å². The Bertz CT molecular complexity index is 362. The number of nitrogen functional groups attached to an aromatic ring is 1. The molecule has 17 heavy (non-hydrogen) atoms. The fraction of sp³-hybridized carbons (Fsp3) is 0.462. The molecule has 0 spiro atoms. The van der Waals surface area contributed by atoms with Crippen molar-refractivity contribution in [1.29, 1.82) is 0 Å². The van der Waals surface area contributed by atoms with E-state index >= 15 is 0 Å². The van der Waals surface area contributed by atoms with Crippen LogP contribution in [0.25, 0.3) is 0 Å². The van der Waals surface area contributed by atoms with Crippen molar-refractivity contribution >= 4 is 11.6 Å². The molecule has 1 atom stereocenters. The van der Waals surface area contributed by atoms with Crippen LogP contribution < -0.4 is 5.73 Å². The maximum atomic E-state index is 12.2. The van der Waals surface area contributed by atoms with Crippen molar-refractivity contribution in [3.63, 3.8) is 0 Å². The molecule has 0 saturated heterocycles. The number of anilines is 1. The lowest BCUT2D eigenvalue weighted by atomic mass is 10.1. The molecule has 0 aliphatic heterocycles. The monoisotopic (exact) mass is 236 g/mol. The molecule has 1 amide bonds. The molecule has 94 valence electrons. The standard InChI is InChI=1S/C13H20N2O2/c1-4-15(10(2)9-17-3)13(16)11-5-7-12(14)8-6-11/h5-8,10H,4,9,14H2,1-3H3. The van der Waals surface area contributed by atoms with Crippen molar-refractivity contribution in [3.8, 4) is 0 Å². The van der Waals surface area contributed by atoms with Crippen molar-refractivity contribution in [2.45, 2.75) is 19.9 Å². The Balaban J connectivity index is 2.82. The summed E-state index contributed by atoms with van der Waals surface area (Å²) in [6.45, 7) is 5.13. The predicted molar refractivity (Wildman–Crippen MR) is 68.9 cm³/mol. The van der Waals surface area contributed by atoms with Crippen LogP contribution >= 0.6 is 0 Å². The van der Waals surface area contributed by atoms with Crippen molar-refractivity contribution in [2.24, 2.45) is 0 Å². The fourth-order valence-corrected chi connectivity index (χ4v) is 1.78. The van der Waals surface area contributed by atoms with Gasteiger partial charge in [-0.05, 0) is 38.1 Å². The highest BCUT2D eigenvalue weighted by atomic mass is 16.5. The Morgan fingerprint density at radius 2 is 2.00 bits per heavy atom. The first kappa shape index (κ1) is 13.5. The third-order valence-corrected chi connectivity index (χ3v) is 2.70. The van der Waals surface area contributed by atoms with Crippen molar-refractivity contribution in [2.75, 3.05) is 26.0 Å². The van der Waals surface area contributed by atoms with E-state index < -0.39 is 0 Å². The third-order valence-electron chi connectivity index (χ3n) is 2.70. The van der Waals surface area contributed by atoms with Gasteiger partial charge in [0.15, 0.2) is 0 Å². The fourth-order valence-electron chi connectivity index (χ4n) is 1.78. The van der Waals surface area contributed by atoms with Gasteiger partial charge >= 0.3 is 0 Å². The second-order valence-corrected chi connectivity index (χ2v) is 4.02. The van der Waals surface area contributed by atoms with Gasteiger partial charge in [0, 0.05) is 24.9 Å². The Morgan fingerprint density at radius 1 is 1.41 bits per heavy atom. The van der Waals surface area contributed by atoms with Gasteiger partial charge in [0.1, 0.15) is 0 Å². The van der Waals surface area contributed by atoms with Crippen LogP contribution in [0, 0.1) is 0 Å². The molecule has 2 N–H and O–H groups in total. The second-order valence-electron chi connectivity index (χ2n) is 4.02. The summed E-state index contributed by atoms with van der Waals surface area (Å²) in [5, 5.41) is 0. The summed E-state index contributed by atoms with van der Waals surface area (Å²) >= 11 is 0. The SMILES string of the molecule is CCN(C(=O)c1ccc(N)cc1)C(C)COC. The summed E-state index contributed by atoms with van der Waals surface area (Å²) in [7, 11) is 1.64. The zero-order valence-electron chi connectivity index (χ0n) is 10.6. The van der Waals surface area contributed by atoms with Gasteiger partial charge < -0.3 is 15.4 Å². The first-order valence-corrected chi connectivity index (χ1v) is 5.75. The maximum absolute atomic E-state index is 12.2. The van der Waals surface area contributed by atoms with Crippen molar-refractivity contribution < 1.29 is 9.53 Å². The number of carbonyl (C=O) groups excluding carboxylic acids is 1. The summed E-state index contributed by atoms with van der Waals surface area (Å²) in [5.74, 6) is 0.0112. The number of rotatable bonds is 5. The third kappa shape index (κ3) is 3.46. The van der Waals surface area contributed by atoms with Crippen LogP contribution in [0.2, 0.25) is 0 Å². The first-order chi connectivity index (χ1) is 8.10. The highest BCUT2D eigenvalue weighted by Crippen LogP contribution is 2.11. The van der Waals surface area contributed by atoms with Crippen molar-refractivity contribution in [1.82, 2.24) is 4.90 Å². The van der Waals surface area contributed by atoms with Gasteiger partial charge in [-0.15, -0.1) is 0 Å². The molecule has 1 rings (SSSR count). The van der Waals surface area contributed by atoms with E-state index in [1.54, 1.807) is 36.3 Å². The highest BCUT2D eigenvalue weighted by molar-refractivity contribution is 5.94. The summed E-state index contributed by atoms with van der Waals surface area (Å²) in [4.78, 5) is 14.0. The van der Waals surface area contributed by atoms with Crippen LogP contribution in [0.4, 0.5) is 5.69 Å². The Labute approximate surface area is 102 Å². The summed E-state index contributed by atoms with van der Waals surface area (Å²) < 4.78 is 5.08. The highest BCUT2D eigenvalue weighted by Gasteiger charge is 2.19. The number of nitrogens with two attached hydrogens (primary N) is 1. The van der Waals surface area contributed by atoms with Crippen LogP contribution in [0.3, 0.4) is 0 Å². The number of hydrogen-bond donors (Lipinski definition) is 1. The average molecular weight is 236 g/mol. The molecule has 1 aromatic rings. The lowest BCUT2D eigenvalue weighted by Gasteiger charge is -2.27.